The summed E-state index contributed by atoms with van der Waals surface area (Å²) in [6.45, 7) is 5.87. The molecule has 0 radical (unpaired) electrons. The van der Waals surface area contributed by atoms with Gasteiger partial charge >= 0.3 is 0 Å². The van der Waals surface area contributed by atoms with Crippen molar-refractivity contribution in [1.82, 2.24) is 20.9 Å². The van der Waals surface area contributed by atoms with Gasteiger partial charge in [0.1, 0.15) is 11.6 Å². The van der Waals surface area contributed by atoms with Crippen LogP contribution in [0.25, 0.3) is 0 Å². The lowest BCUT2D eigenvalue weighted by Crippen LogP contribution is -2.46. The van der Waals surface area contributed by atoms with E-state index in [1.165, 1.54) is 6.20 Å². The molecule has 1 heterocycles. The van der Waals surface area contributed by atoms with Crippen LogP contribution in [-0.4, -0.2) is 56.6 Å². The van der Waals surface area contributed by atoms with Crippen LogP contribution in [0.15, 0.2) is 36.0 Å². The van der Waals surface area contributed by atoms with Crippen LogP contribution >= 0.6 is 11.6 Å². The third-order valence-electron chi connectivity index (χ3n) is 4.03. The van der Waals surface area contributed by atoms with Crippen LogP contribution < -0.4 is 16.0 Å². The van der Waals surface area contributed by atoms with E-state index in [0.29, 0.717) is 13.1 Å². The summed E-state index contributed by atoms with van der Waals surface area (Å²) in [5.74, 6) is -0.345. The van der Waals surface area contributed by atoms with Crippen molar-refractivity contribution in [3.8, 4) is 6.07 Å². The molecule has 1 amide bonds. The molecule has 0 unspecified atom stereocenters. The van der Waals surface area contributed by atoms with E-state index in [9.17, 15) is 4.79 Å². The van der Waals surface area contributed by atoms with Crippen LogP contribution in [0, 0.1) is 11.3 Å². The van der Waals surface area contributed by atoms with Gasteiger partial charge in [-0.05, 0) is 18.1 Å². The molecule has 1 aromatic carbocycles. The number of piperazine rings is 1. The van der Waals surface area contributed by atoms with E-state index in [1.807, 2.05) is 30.3 Å². The second kappa shape index (κ2) is 10.7. The molecular weight excluding hydrogens is 338 g/mol. The molecule has 2 rings (SSSR count). The summed E-state index contributed by atoms with van der Waals surface area (Å²) in [5, 5.41) is 19.0. The number of carbonyl (C=O) groups excluding carboxylic acids is 1. The van der Waals surface area contributed by atoms with E-state index in [-0.39, 0.29) is 11.5 Å². The third kappa shape index (κ3) is 6.75. The Bertz CT molecular complexity index is 635. The fourth-order valence-electron chi connectivity index (χ4n) is 2.59. The number of nitriles is 1. The Labute approximate surface area is 153 Å². The van der Waals surface area contributed by atoms with Gasteiger partial charge in [-0.3, -0.25) is 9.69 Å². The predicted molar refractivity (Wildman–Crippen MR) is 99.2 cm³/mol. The highest BCUT2D eigenvalue weighted by atomic mass is 35.5. The monoisotopic (exact) mass is 361 g/mol. The van der Waals surface area contributed by atoms with Gasteiger partial charge in [0.2, 0.25) is 0 Å². The fraction of sp³-hybridized carbons (Fsp3) is 0.444. The average Bonchev–Trinajstić information content (AvgIpc) is 2.64. The summed E-state index contributed by atoms with van der Waals surface area (Å²) in [5.41, 5.74) is 1.11. The largest absolute Gasteiger partial charge is 0.389 e. The highest BCUT2D eigenvalue weighted by Crippen LogP contribution is 2.14. The summed E-state index contributed by atoms with van der Waals surface area (Å²) < 4.78 is 0. The SMILES string of the molecule is N#C/C(=C/NCCc1ccccc1Cl)C(=O)NCCN1CCNCC1. The topological polar surface area (TPSA) is 80.2 Å². The van der Waals surface area contributed by atoms with E-state index in [1.54, 1.807) is 0 Å². The summed E-state index contributed by atoms with van der Waals surface area (Å²) >= 11 is 6.10. The van der Waals surface area contributed by atoms with Gasteiger partial charge in [-0.15, -0.1) is 0 Å². The standard InChI is InChI=1S/C18H24ClN5O/c19-17-4-2-1-3-15(17)5-6-22-14-16(13-20)18(25)23-9-12-24-10-7-21-8-11-24/h1-4,14,21-22H,5-12H2,(H,23,25)/b16-14-. The van der Waals surface area contributed by atoms with Crippen LogP contribution in [0.5, 0.6) is 0 Å². The molecule has 1 aliphatic heterocycles. The zero-order valence-electron chi connectivity index (χ0n) is 14.2. The molecule has 0 saturated carbocycles. The Balaban J connectivity index is 1.70. The van der Waals surface area contributed by atoms with Gasteiger partial charge in [-0.2, -0.15) is 5.26 Å². The Kier molecular flexibility index (Phi) is 8.26. The van der Waals surface area contributed by atoms with Gasteiger partial charge in [0.25, 0.3) is 5.91 Å². The number of benzene rings is 1. The van der Waals surface area contributed by atoms with Gasteiger partial charge < -0.3 is 16.0 Å². The molecular formula is C18H24ClN5O. The van der Waals surface area contributed by atoms with Gasteiger partial charge in [-0.25, -0.2) is 0 Å². The molecule has 1 fully saturated rings. The van der Waals surface area contributed by atoms with Gasteiger partial charge in [-0.1, -0.05) is 29.8 Å². The van der Waals surface area contributed by atoms with Crippen LogP contribution in [-0.2, 0) is 11.2 Å². The molecule has 1 saturated heterocycles. The number of carbonyl (C=O) groups is 1. The average molecular weight is 362 g/mol. The molecule has 3 N–H and O–H groups in total. The van der Waals surface area contributed by atoms with Crippen molar-refractivity contribution in [3.63, 3.8) is 0 Å². The van der Waals surface area contributed by atoms with Crippen molar-refractivity contribution in [1.29, 1.82) is 5.26 Å². The van der Waals surface area contributed by atoms with E-state index in [2.05, 4.69) is 20.9 Å². The predicted octanol–water partition coefficient (Wildman–Crippen LogP) is 0.901. The van der Waals surface area contributed by atoms with Gasteiger partial charge in [0, 0.05) is 57.0 Å². The van der Waals surface area contributed by atoms with Crippen LogP contribution in [0.4, 0.5) is 0 Å². The first-order valence-corrected chi connectivity index (χ1v) is 8.87. The highest BCUT2D eigenvalue weighted by molar-refractivity contribution is 6.31. The molecule has 1 aliphatic rings. The van der Waals surface area contributed by atoms with Crippen LogP contribution in [0.2, 0.25) is 5.02 Å². The minimum Gasteiger partial charge on any atom is -0.389 e. The van der Waals surface area contributed by atoms with Crippen molar-refractivity contribution in [2.45, 2.75) is 6.42 Å². The molecule has 0 aromatic heterocycles. The Morgan fingerprint density at radius 1 is 1.32 bits per heavy atom. The summed E-state index contributed by atoms with van der Waals surface area (Å²) in [7, 11) is 0. The molecule has 7 heteroatoms. The zero-order valence-corrected chi connectivity index (χ0v) is 15.0. The number of amides is 1. The molecule has 1 aromatic rings. The fourth-order valence-corrected chi connectivity index (χ4v) is 2.82. The number of rotatable bonds is 8. The minimum absolute atomic E-state index is 0.0828. The summed E-state index contributed by atoms with van der Waals surface area (Å²) in [6, 6.07) is 9.56. The molecule has 6 nitrogen and oxygen atoms in total. The summed E-state index contributed by atoms with van der Waals surface area (Å²) in [4.78, 5) is 14.3. The maximum atomic E-state index is 12.0. The van der Waals surface area contributed by atoms with Crippen molar-refractivity contribution in [3.05, 3.63) is 46.6 Å². The number of hydrogen-bond donors (Lipinski definition) is 3. The quantitative estimate of drug-likeness (QED) is 0.364. The Morgan fingerprint density at radius 2 is 2.08 bits per heavy atom. The van der Waals surface area contributed by atoms with E-state index in [4.69, 9.17) is 16.9 Å². The number of nitrogens with one attached hydrogen (secondary N) is 3. The summed E-state index contributed by atoms with van der Waals surface area (Å²) in [6.07, 6.45) is 2.19. The highest BCUT2D eigenvalue weighted by Gasteiger charge is 2.11. The molecule has 0 atom stereocenters. The molecule has 0 spiro atoms. The smallest absolute Gasteiger partial charge is 0.263 e. The Morgan fingerprint density at radius 3 is 2.80 bits per heavy atom. The lowest BCUT2D eigenvalue weighted by molar-refractivity contribution is -0.117. The van der Waals surface area contributed by atoms with Crippen molar-refractivity contribution >= 4 is 17.5 Å². The van der Waals surface area contributed by atoms with Crippen LogP contribution in [0.3, 0.4) is 0 Å². The maximum Gasteiger partial charge on any atom is 0.263 e. The first kappa shape index (κ1) is 19.3. The second-order valence-corrected chi connectivity index (χ2v) is 6.22. The number of hydrogen-bond acceptors (Lipinski definition) is 5. The van der Waals surface area contributed by atoms with Crippen LogP contribution in [0.1, 0.15) is 5.56 Å². The normalized spacial score (nSPS) is 15.4. The maximum absolute atomic E-state index is 12.0. The lowest BCUT2D eigenvalue weighted by Gasteiger charge is -2.27. The third-order valence-corrected chi connectivity index (χ3v) is 4.40. The van der Waals surface area contributed by atoms with E-state index in [0.717, 1.165) is 49.7 Å². The van der Waals surface area contributed by atoms with Gasteiger partial charge in [0.15, 0.2) is 0 Å². The first-order valence-electron chi connectivity index (χ1n) is 8.49. The molecule has 0 aliphatic carbocycles. The number of halogens is 1. The van der Waals surface area contributed by atoms with Crippen molar-refractivity contribution in [2.75, 3.05) is 45.8 Å². The van der Waals surface area contributed by atoms with Crippen molar-refractivity contribution in [2.24, 2.45) is 0 Å². The first-order chi connectivity index (χ1) is 12.2. The van der Waals surface area contributed by atoms with Gasteiger partial charge in [0.05, 0.1) is 0 Å². The zero-order chi connectivity index (χ0) is 17.9. The Hall–Kier alpha value is -2.07. The minimum atomic E-state index is -0.345. The van der Waals surface area contributed by atoms with Crippen molar-refractivity contribution < 1.29 is 4.79 Å². The molecule has 25 heavy (non-hydrogen) atoms. The van der Waals surface area contributed by atoms with E-state index >= 15 is 0 Å². The lowest BCUT2D eigenvalue weighted by atomic mass is 10.1. The molecule has 134 valence electrons. The number of nitrogens with zero attached hydrogens (tertiary/aromatic N) is 2. The molecule has 0 bridgehead atoms. The second-order valence-electron chi connectivity index (χ2n) is 5.81. The van der Waals surface area contributed by atoms with E-state index < -0.39 is 0 Å².